The number of nitrogens with zero attached hydrogens (tertiary/aromatic N) is 2. The number of benzene rings is 3. The molecule has 230 valence electrons. The number of amides is 2. The van der Waals surface area contributed by atoms with Gasteiger partial charge in [0.1, 0.15) is 29.2 Å². The third-order valence-corrected chi connectivity index (χ3v) is 7.95. The van der Waals surface area contributed by atoms with Crippen LogP contribution < -0.4 is 14.9 Å². The van der Waals surface area contributed by atoms with Crippen LogP contribution >= 0.6 is 0 Å². The summed E-state index contributed by atoms with van der Waals surface area (Å²) in [7, 11) is -2.70. The summed E-state index contributed by atoms with van der Waals surface area (Å²) < 4.78 is 86.4. The summed E-state index contributed by atoms with van der Waals surface area (Å²) in [6.07, 6.45) is -3.87. The van der Waals surface area contributed by atoms with Crippen LogP contribution in [0.25, 0.3) is 33.4 Å². The Balaban J connectivity index is 2.01. The van der Waals surface area contributed by atoms with Gasteiger partial charge in [-0.3, -0.25) is 13.9 Å². The van der Waals surface area contributed by atoms with E-state index in [0.717, 1.165) is 24.4 Å². The number of alkyl halides is 3. The van der Waals surface area contributed by atoms with Crippen molar-refractivity contribution < 1.29 is 40.0 Å². The first-order valence-electron chi connectivity index (χ1n) is 12.9. The number of anilines is 1. The lowest BCUT2D eigenvalue weighted by molar-refractivity contribution is -0.182. The summed E-state index contributed by atoms with van der Waals surface area (Å²) in [5.74, 6) is -2.10. The molecule has 2 N–H and O–H groups in total. The zero-order valence-corrected chi connectivity index (χ0v) is 24.7. The Hall–Kier alpha value is -4.90. The first kappa shape index (κ1) is 32.0. The van der Waals surface area contributed by atoms with Crippen LogP contribution in [0.5, 0.6) is 0 Å². The maximum atomic E-state index is 13.7. The topological polar surface area (TPSA) is 133 Å². The number of hydrogen-bond acceptors (Lipinski definition) is 6. The van der Waals surface area contributed by atoms with Crippen molar-refractivity contribution >= 4 is 38.5 Å². The lowest BCUT2D eigenvalue weighted by Gasteiger charge is -2.29. The first-order valence-corrected chi connectivity index (χ1v) is 14.8. The molecule has 1 aromatic heterocycles. The Morgan fingerprint density at radius 3 is 2.23 bits per heavy atom. The molecule has 9 nitrogen and oxygen atoms in total. The largest absolute Gasteiger partial charge is 0.455 e. The van der Waals surface area contributed by atoms with Crippen LogP contribution in [0.1, 0.15) is 34.6 Å². The van der Waals surface area contributed by atoms with E-state index in [4.69, 9.17) is 4.42 Å². The van der Waals surface area contributed by atoms with E-state index in [0.29, 0.717) is 5.56 Å². The Kier molecular flexibility index (Phi) is 8.48. The third kappa shape index (κ3) is 6.23. The van der Waals surface area contributed by atoms with Gasteiger partial charge in [0, 0.05) is 35.2 Å². The van der Waals surface area contributed by atoms with Gasteiger partial charge in [-0.05, 0) is 61.9 Å². The molecule has 0 saturated heterocycles. The van der Waals surface area contributed by atoms with Crippen molar-refractivity contribution in [1.82, 2.24) is 10.6 Å². The fraction of sp³-hybridized carbons (Fsp3) is 0.233. The third-order valence-electron chi connectivity index (χ3n) is 6.82. The number of fused-ring (bicyclic) bond motifs is 1. The molecule has 0 fully saturated rings. The molecule has 14 heteroatoms. The van der Waals surface area contributed by atoms with Crippen molar-refractivity contribution in [3.05, 3.63) is 77.6 Å². The number of carbonyl (C=O) groups is 2. The summed E-state index contributed by atoms with van der Waals surface area (Å²) in [5.41, 5.74) is -2.03. The van der Waals surface area contributed by atoms with Crippen molar-refractivity contribution in [1.29, 1.82) is 5.26 Å². The van der Waals surface area contributed by atoms with Crippen LogP contribution in [0.3, 0.4) is 0 Å². The number of nitrogens with one attached hydrogen (secondary N) is 2. The Bertz CT molecular complexity index is 1910. The number of nitriles is 1. The number of halogens is 4. The molecule has 3 aromatic carbocycles. The highest BCUT2D eigenvalue weighted by Crippen LogP contribution is 2.42. The van der Waals surface area contributed by atoms with Gasteiger partial charge in [-0.15, -0.1) is 0 Å². The zero-order chi connectivity index (χ0) is 32.6. The molecule has 0 saturated carbocycles. The molecule has 4 aromatic rings. The van der Waals surface area contributed by atoms with E-state index in [1.54, 1.807) is 6.07 Å². The van der Waals surface area contributed by atoms with Crippen LogP contribution in [-0.4, -0.2) is 51.8 Å². The molecule has 0 aliphatic heterocycles. The van der Waals surface area contributed by atoms with Crippen molar-refractivity contribution in [2.75, 3.05) is 24.2 Å². The van der Waals surface area contributed by atoms with Gasteiger partial charge in [-0.1, -0.05) is 12.1 Å². The predicted molar refractivity (Wildman–Crippen MR) is 156 cm³/mol. The van der Waals surface area contributed by atoms with Gasteiger partial charge in [0.25, 0.3) is 11.8 Å². The highest BCUT2D eigenvalue weighted by molar-refractivity contribution is 7.92. The van der Waals surface area contributed by atoms with Crippen LogP contribution in [0.15, 0.2) is 65.1 Å². The minimum atomic E-state index is -4.74. The minimum Gasteiger partial charge on any atom is -0.455 e. The molecular weight excluding hydrogens is 604 g/mol. The monoisotopic (exact) mass is 630 g/mol. The van der Waals surface area contributed by atoms with Gasteiger partial charge < -0.3 is 15.1 Å². The van der Waals surface area contributed by atoms with E-state index in [9.17, 15) is 40.8 Å². The van der Waals surface area contributed by atoms with Crippen molar-refractivity contribution in [2.45, 2.75) is 25.6 Å². The highest BCUT2D eigenvalue weighted by atomic mass is 32.2. The van der Waals surface area contributed by atoms with Gasteiger partial charge >= 0.3 is 6.18 Å². The summed E-state index contributed by atoms with van der Waals surface area (Å²) in [6.45, 7) is 1.00. The van der Waals surface area contributed by atoms with Crippen LogP contribution in [0.2, 0.25) is 0 Å². The molecule has 0 radical (unpaired) electrons. The fourth-order valence-electron chi connectivity index (χ4n) is 4.42. The molecule has 0 unspecified atom stereocenters. The first-order chi connectivity index (χ1) is 20.5. The van der Waals surface area contributed by atoms with E-state index in [1.807, 2.05) is 5.32 Å². The molecule has 0 atom stereocenters. The number of sulfonamides is 1. The maximum absolute atomic E-state index is 13.7. The molecule has 0 aliphatic rings. The molecule has 0 bridgehead atoms. The van der Waals surface area contributed by atoms with Crippen molar-refractivity contribution in [3.63, 3.8) is 0 Å². The second-order valence-corrected chi connectivity index (χ2v) is 12.2. The zero-order valence-electron chi connectivity index (χ0n) is 23.8. The lowest BCUT2D eigenvalue weighted by atomic mass is 9.96. The van der Waals surface area contributed by atoms with Gasteiger partial charge in [0.05, 0.1) is 23.6 Å². The smallest absolute Gasteiger partial charge is 0.410 e. The molecular formula is C30H26F4N4O5S. The van der Waals surface area contributed by atoms with E-state index < -0.39 is 45.9 Å². The van der Waals surface area contributed by atoms with Crippen LogP contribution in [0.4, 0.5) is 23.2 Å². The number of furan rings is 1. The predicted octanol–water partition coefficient (Wildman–Crippen LogP) is 5.63. The van der Waals surface area contributed by atoms with Gasteiger partial charge in [0.15, 0.2) is 0 Å². The van der Waals surface area contributed by atoms with E-state index in [-0.39, 0.29) is 44.7 Å². The second-order valence-electron chi connectivity index (χ2n) is 10.3. The van der Waals surface area contributed by atoms with Crippen molar-refractivity contribution in [2.24, 2.45) is 0 Å². The summed E-state index contributed by atoms with van der Waals surface area (Å²) in [6, 6.07) is 15.1. The Morgan fingerprint density at radius 2 is 1.66 bits per heavy atom. The van der Waals surface area contributed by atoms with Gasteiger partial charge in [-0.25, -0.2) is 12.8 Å². The molecule has 44 heavy (non-hydrogen) atoms. The van der Waals surface area contributed by atoms with E-state index >= 15 is 0 Å². The van der Waals surface area contributed by atoms with Crippen LogP contribution in [-0.2, 0) is 10.0 Å². The van der Waals surface area contributed by atoms with E-state index in [2.05, 4.69) is 5.32 Å². The summed E-state index contributed by atoms with van der Waals surface area (Å²) >= 11 is 0. The molecule has 1 heterocycles. The minimum absolute atomic E-state index is 0.0360. The van der Waals surface area contributed by atoms with E-state index in [1.165, 1.54) is 67.7 Å². The Morgan fingerprint density at radius 1 is 1.00 bits per heavy atom. The molecule has 2 amide bonds. The quantitative estimate of drug-likeness (QED) is 0.192. The second kappa shape index (κ2) is 11.6. The standard InChI is InChI=1S/C30H26F4N4O5S/c1-29(2,30(32,33)34)37-27(39)19-7-5-6-18(14-19)21-15-22-24(16-23(21)38(13-12-35)44(4,41)42)43-26(25(22)28(40)36-3)17-8-10-20(31)11-9-17/h5-11,14-16H,13H2,1-4H3,(H,36,40)(H,37,39). The molecule has 0 aliphatic carbocycles. The molecule has 4 rings (SSSR count). The maximum Gasteiger partial charge on any atom is 0.410 e. The normalized spacial score (nSPS) is 12.1. The average molecular weight is 631 g/mol. The van der Waals surface area contributed by atoms with Crippen molar-refractivity contribution in [3.8, 4) is 28.5 Å². The number of carbonyl (C=O) groups excluding carboxylic acids is 2. The fourth-order valence-corrected chi connectivity index (χ4v) is 5.23. The lowest BCUT2D eigenvalue weighted by Crippen LogP contribution is -2.54. The number of rotatable bonds is 8. The van der Waals surface area contributed by atoms with Gasteiger partial charge in [0.2, 0.25) is 10.0 Å². The highest BCUT2D eigenvalue weighted by Gasteiger charge is 2.48. The summed E-state index contributed by atoms with van der Waals surface area (Å²) in [4.78, 5) is 26.0. The average Bonchev–Trinajstić information content (AvgIpc) is 3.32. The SMILES string of the molecule is CNC(=O)c1c(-c2ccc(F)cc2)oc2cc(N(CC#N)S(C)(=O)=O)c(-c3cccc(C(=O)NC(C)(C)C(F)(F)F)c3)cc12. The number of hydrogen-bond donors (Lipinski definition) is 2. The summed E-state index contributed by atoms with van der Waals surface area (Å²) in [5, 5.41) is 14.1. The van der Waals surface area contributed by atoms with Crippen LogP contribution in [0, 0.1) is 17.1 Å². The Labute approximate surface area is 250 Å². The molecule has 0 spiro atoms. The van der Waals surface area contributed by atoms with Gasteiger partial charge in [-0.2, -0.15) is 18.4 Å².